The van der Waals surface area contributed by atoms with Crippen LogP contribution in [0.25, 0.3) is 0 Å². The zero-order chi connectivity index (χ0) is 32.5. The van der Waals surface area contributed by atoms with E-state index in [0.717, 1.165) is 57.6 Å². The lowest BCUT2D eigenvalue weighted by molar-refractivity contribution is -0.140. The predicted molar refractivity (Wildman–Crippen MR) is 186 cm³/mol. The third-order valence-electron chi connectivity index (χ3n) is 8.39. The summed E-state index contributed by atoms with van der Waals surface area (Å²) in [6, 6.07) is 31.6. The second-order valence-corrected chi connectivity index (χ2v) is 14.6. The van der Waals surface area contributed by atoms with Gasteiger partial charge < -0.3 is 10.2 Å². The highest BCUT2D eigenvalue weighted by molar-refractivity contribution is 9.10. The zero-order valence-corrected chi connectivity index (χ0v) is 28.4. The number of halogens is 1. The first kappa shape index (κ1) is 33.4. The highest BCUT2D eigenvalue weighted by Gasteiger charge is 2.35. The van der Waals surface area contributed by atoms with E-state index >= 15 is 0 Å². The van der Waals surface area contributed by atoms with Gasteiger partial charge in [0.25, 0.3) is 10.0 Å². The molecule has 1 unspecified atom stereocenters. The molecule has 1 aliphatic rings. The van der Waals surface area contributed by atoms with Gasteiger partial charge in [0.05, 0.1) is 10.6 Å². The summed E-state index contributed by atoms with van der Waals surface area (Å²) in [4.78, 5) is 30.4. The summed E-state index contributed by atoms with van der Waals surface area (Å²) in [7, 11) is -4.13. The first-order valence-electron chi connectivity index (χ1n) is 15.7. The van der Waals surface area contributed by atoms with Crippen LogP contribution in [-0.4, -0.2) is 43.8 Å². The molecule has 0 bridgehead atoms. The van der Waals surface area contributed by atoms with Gasteiger partial charge in [-0.25, -0.2) is 8.42 Å². The van der Waals surface area contributed by atoms with Crippen molar-refractivity contribution in [1.29, 1.82) is 0 Å². The fraction of sp³-hybridized carbons (Fsp3) is 0.297. The van der Waals surface area contributed by atoms with Crippen molar-refractivity contribution in [2.24, 2.45) is 0 Å². The molecule has 0 aromatic heterocycles. The molecule has 0 saturated heterocycles. The lowest BCUT2D eigenvalue weighted by Crippen LogP contribution is -2.55. The van der Waals surface area contributed by atoms with Crippen molar-refractivity contribution < 1.29 is 18.0 Å². The van der Waals surface area contributed by atoms with Crippen LogP contribution in [0, 0.1) is 6.92 Å². The molecule has 1 aliphatic carbocycles. The van der Waals surface area contributed by atoms with Gasteiger partial charge in [-0.1, -0.05) is 108 Å². The number of rotatable bonds is 12. The summed E-state index contributed by atoms with van der Waals surface area (Å²) in [6.45, 7) is 1.54. The molecule has 1 N–H and O–H groups in total. The molecule has 0 spiro atoms. The van der Waals surface area contributed by atoms with E-state index in [9.17, 15) is 18.0 Å². The number of amides is 2. The minimum Gasteiger partial charge on any atom is -0.352 e. The van der Waals surface area contributed by atoms with Gasteiger partial charge in [0.15, 0.2) is 0 Å². The largest absolute Gasteiger partial charge is 0.352 e. The van der Waals surface area contributed by atoms with Crippen molar-refractivity contribution in [2.75, 3.05) is 10.8 Å². The molecule has 4 aromatic rings. The fourth-order valence-electron chi connectivity index (χ4n) is 5.92. The van der Waals surface area contributed by atoms with Crippen LogP contribution in [-0.2, 0) is 32.6 Å². The number of carbonyl (C=O) groups excluding carboxylic acids is 2. The van der Waals surface area contributed by atoms with Crippen molar-refractivity contribution in [2.45, 2.75) is 69.0 Å². The minimum atomic E-state index is -4.13. The monoisotopic (exact) mass is 701 g/mol. The SMILES string of the molecule is Cc1cccc(N(CC(=O)N(Cc2ccc(Br)cc2)C(Cc2ccccc2)C(=O)NC2CCCCC2)S(=O)(=O)c2ccccc2)c1. The van der Waals surface area contributed by atoms with Crippen molar-refractivity contribution in [3.63, 3.8) is 0 Å². The Hall–Kier alpha value is -3.95. The van der Waals surface area contributed by atoms with Gasteiger partial charge in [-0.15, -0.1) is 0 Å². The van der Waals surface area contributed by atoms with Crippen LogP contribution >= 0.6 is 15.9 Å². The topological polar surface area (TPSA) is 86.8 Å². The number of carbonyl (C=O) groups is 2. The molecule has 1 atom stereocenters. The third-order valence-corrected chi connectivity index (χ3v) is 10.7. The highest BCUT2D eigenvalue weighted by Crippen LogP contribution is 2.26. The number of nitrogens with zero attached hydrogens (tertiary/aromatic N) is 2. The molecular formula is C37H40BrN3O4S. The van der Waals surface area contributed by atoms with Crippen molar-refractivity contribution in [3.05, 3.63) is 130 Å². The number of hydrogen-bond donors (Lipinski definition) is 1. The maximum absolute atomic E-state index is 14.6. The Labute approximate surface area is 280 Å². The summed E-state index contributed by atoms with van der Waals surface area (Å²) >= 11 is 3.48. The van der Waals surface area contributed by atoms with E-state index in [2.05, 4.69) is 21.2 Å². The van der Waals surface area contributed by atoms with E-state index < -0.39 is 28.5 Å². The van der Waals surface area contributed by atoms with E-state index in [1.165, 1.54) is 12.1 Å². The standard InChI is InChI=1S/C37H40BrN3O4S/c1-28-12-11-17-33(24-28)41(46(44,45)34-18-9-4-10-19-34)27-36(42)40(26-30-20-22-31(38)23-21-30)35(25-29-13-5-2-6-14-29)37(43)39-32-15-7-3-8-16-32/h2,4-6,9-14,17-24,32,35H,3,7-8,15-16,25-27H2,1H3,(H,39,43). The Morgan fingerprint density at radius 2 is 1.48 bits per heavy atom. The maximum Gasteiger partial charge on any atom is 0.264 e. The maximum atomic E-state index is 14.6. The van der Waals surface area contributed by atoms with Gasteiger partial charge >= 0.3 is 0 Å². The predicted octanol–water partition coefficient (Wildman–Crippen LogP) is 7.04. The van der Waals surface area contributed by atoms with Gasteiger partial charge in [0.2, 0.25) is 11.8 Å². The van der Waals surface area contributed by atoms with Gasteiger partial charge in [0, 0.05) is 23.5 Å². The number of anilines is 1. The molecule has 9 heteroatoms. The third kappa shape index (κ3) is 8.65. The number of aryl methyl sites for hydroxylation is 1. The van der Waals surface area contributed by atoms with E-state index in [0.29, 0.717) is 5.69 Å². The Morgan fingerprint density at radius 1 is 0.826 bits per heavy atom. The van der Waals surface area contributed by atoms with Crippen molar-refractivity contribution >= 4 is 43.5 Å². The van der Waals surface area contributed by atoms with Crippen LogP contribution in [0.5, 0.6) is 0 Å². The van der Waals surface area contributed by atoms with Gasteiger partial charge in [-0.3, -0.25) is 13.9 Å². The normalized spacial score (nSPS) is 14.3. The van der Waals surface area contributed by atoms with E-state index in [4.69, 9.17) is 0 Å². The average Bonchev–Trinajstić information content (AvgIpc) is 3.07. The molecule has 2 amide bonds. The first-order valence-corrected chi connectivity index (χ1v) is 18.0. The lowest BCUT2D eigenvalue weighted by Gasteiger charge is -2.35. The van der Waals surface area contributed by atoms with Crippen molar-refractivity contribution in [1.82, 2.24) is 10.2 Å². The molecule has 5 rings (SSSR count). The smallest absolute Gasteiger partial charge is 0.264 e. The quantitative estimate of drug-likeness (QED) is 0.172. The molecule has 46 heavy (non-hydrogen) atoms. The van der Waals surface area contributed by atoms with Gasteiger partial charge in [-0.2, -0.15) is 0 Å². The van der Waals surface area contributed by atoms with Crippen LogP contribution in [0.4, 0.5) is 5.69 Å². The van der Waals surface area contributed by atoms with Crippen LogP contribution in [0.1, 0.15) is 48.8 Å². The van der Waals surface area contributed by atoms with Gasteiger partial charge in [-0.05, 0) is 72.9 Å². The molecular weight excluding hydrogens is 662 g/mol. The van der Waals surface area contributed by atoms with Crippen LogP contribution in [0.2, 0.25) is 0 Å². The molecule has 4 aromatic carbocycles. The highest BCUT2D eigenvalue weighted by atomic mass is 79.9. The molecule has 1 saturated carbocycles. The summed E-state index contributed by atoms with van der Waals surface area (Å²) in [5.74, 6) is -0.696. The van der Waals surface area contributed by atoms with Crippen LogP contribution in [0.3, 0.4) is 0 Å². The molecule has 7 nitrogen and oxygen atoms in total. The summed E-state index contributed by atoms with van der Waals surface area (Å²) in [5.41, 5.74) is 2.98. The van der Waals surface area contributed by atoms with Gasteiger partial charge in [0.1, 0.15) is 12.6 Å². The average molecular weight is 703 g/mol. The summed E-state index contributed by atoms with van der Waals surface area (Å²) in [6.07, 6.45) is 5.36. The number of sulfonamides is 1. The molecule has 1 fully saturated rings. The van der Waals surface area contributed by atoms with E-state index in [1.54, 1.807) is 41.3 Å². The second kappa shape index (κ2) is 15.6. The Morgan fingerprint density at radius 3 is 2.13 bits per heavy atom. The molecule has 240 valence electrons. The number of benzene rings is 4. The van der Waals surface area contributed by atoms with Crippen LogP contribution < -0.4 is 9.62 Å². The van der Waals surface area contributed by atoms with Crippen molar-refractivity contribution in [3.8, 4) is 0 Å². The van der Waals surface area contributed by atoms with E-state index in [-0.39, 0.29) is 29.8 Å². The number of nitrogens with one attached hydrogen (secondary N) is 1. The Bertz CT molecular complexity index is 1710. The first-order chi connectivity index (χ1) is 22.2. The number of hydrogen-bond acceptors (Lipinski definition) is 4. The second-order valence-electron chi connectivity index (χ2n) is 11.9. The molecule has 0 radical (unpaired) electrons. The molecule has 0 heterocycles. The fourth-order valence-corrected chi connectivity index (χ4v) is 7.61. The van der Waals surface area contributed by atoms with Crippen LogP contribution in [0.15, 0.2) is 119 Å². The minimum absolute atomic E-state index is 0.0476. The van der Waals surface area contributed by atoms with E-state index in [1.807, 2.05) is 67.6 Å². The molecule has 0 aliphatic heterocycles. The zero-order valence-electron chi connectivity index (χ0n) is 26.0. The Balaban J connectivity index is 1.55. The summed E-state index contributed by atoms with van der Waals surface area (Å²) in [5, 5.41) is 3.25. The Kier molecular flexibility index (Phi) is 11.3. The summed E-state index contributed by atoms with van der Waals surface area (Å²) < 4.78 is 30.3. The lowest BCUT2D eigenvalue weighted by atomic mass is 9.94.